The summed E-state index contributed by atoms with van der Waals surface area (Å²) < 4.78 is 0. The SMILES string of the molecule is CCCCCC(O)C(CC(=O)NC)c1ccccc1. The molecular formula is C16H25NO2. The number of carbonyl (C=O) groups is 1. The number of aliphatic hydroxyl groups is 1. The van der Waals surface area contributed by atoms with Crippen LogP contribution in [0.1, 0.15) is 50.5 Å². The molecule has 0 spiro atoms. The molecule has 2 atom stereocenters. The number of hydrogen-bond acceptors (Lipinski definition) is 2. The molecule has 0 aliphatic rings. The molecule has 0 heterocycles. The number of hydrogen-bond donors (Lipinski definition) is 2. The van der Waals surface area contributed by atoms with E-state index in [1.165, 1.54) is 0 Å². The van der Waals surface area contributed by atoms with Crippen LogP contribution in [0.15, 0.2) is 30.3 Å². The van der Waals surface area contributed by atoms with E-state index in [1.54, 1.807) is 7.05 Å². The zero-order valence-corrected chi connectivity index (χ0v) is 11.9. The van der Waals surface area contributed by atoms with Crippen LogP contribution in [0, 0.1) is 0 Å². The van der Waals surface area contributed by atoms with E-state index in [9.17, 15) is 9.90 Å². The highest BCUT2D eigenvalue weighted by Crippen LogP contribution is 2.26. The van der Waals surface area contributed by atoms with Gasteiger partial charge in [0.2, 0.25) is 5.91 Å². The van der Waals surface area contributed by atoms with Gasteiger partial charge in [-0.25, -0.2) is 0 Å². The number of amides is 1. The number of unbranched alkanes of at least 4 members (excludes halogenated alkanes) is 2. The lowest BCUT2D eigenvalue weighted by atomic mass is 9.87. The van der Waals surface area contributed by atoms with Gasteiger partial charge in [0, 0.05) is 19.4 Å². The molecule has 1 amide bonds. The molecule has 3 nitrogen and oxygen atoms in total. The van der Waals surface area contributed by atoms with E-state index in [-0.39, 0.29) is 11.8 Å². The van der Waals surface area contributed by atoms with E-state index in [2.05, 4.69) is 12.2 Å². The second kappa shape index (κ2) is 8.70. The molecule has 1 aromatic rings. The summed E-state index contributed by atoms with van der Waals surface area (Å²) in [5, 5.41) is 13.0. The van der Waals surface area contributed by atoms with Crippen LogP contribution in [0.3, 0.4) is 0 Å². The first kappa shape index (κ1) is 15.7. The maximum atomic E-state index is 11.6. The Hall–Kier alpha value is -1.35. The van der Waals surface area contributed by atoms with Gasteiger partial charge in [-0.1, -0.05) is 56.5 Å². The van der Waals surface area contributed by atoms with Crippen LogP contribution >= 0.6 is 0 Å². The smallest absolute Gasteiger partial charge is 0.220 e. The fourth-order valence-corrected chi connectivity index (χ4v) is 2.28. The molecule has 0 fully saturated rings. The first-order chi connectivity index (χ1) is 9.19. The quantitative estimate of drug-likeness (QED) is 0.709. The molecule has 1 aromatic carbocycles. The third-order valence-electron chi connectivity index (χ3n) is 3.48. The molecule has 19 heavy (non-hydrogen) atoms. The van der Waals surface area contributed by atoms with Crippen molar-refractivity contribution in [2.75, 3.05) is 7.05 Å². The standard InChI is InChI=1S/C16H25NO2/c1-3-4-6-11-15(18)14(12-16(19)17-2)13-9-7-5-8-10-13/h5,7-10,14-15,18H,3-4,6,11-12H2,1-2H3,(H,17,19). The van der Waals surface area contributed by atoms with Gasteiger partial charge in [-0.15, -0.1) is 0 Å². The average molecular weight is 263 g/mol. The van der Waals surface area contributed by atoms with Crippen molar-refractivity contribution in [3.05, 3.63) is 35.9 Å². The summed E-state index contributed by atoms with van der Waals surface area (Å²) in [4.78, 5) is 11.6. The Morgan fingerprint density at radius 2 is 1.95 bits per heavy atom. The summed E-state index contributed by atoms with van der Waals surface area (Å²) in [5.74, 6) is -0.138. The van der Waals surface area contributed by atoms with Gasteiger partial charge in [0.25, 0.3) is 0 Å². The fourth-order valence-electron chi connectivity index (χ4n) is 2.28. The number of benzene rings is 1. The third kappa shape index (κ3) is 5.43. The zero-order valence-electron chi connectivity index (χ0n) is 11.9. The van der Waals surface area contributed by atoms with Gasteiger partial charge < -0.3 is 10.4 Å². The number of nitrogens with one attached hydrogen (secondary N) is 1. The minimum Gasteiger partial charge on any atom is -0.392 e. The minimum absolute atomic E-state index is 0.0246. The molecule has 1 rings (SSSR count). The second-order valence-corrected chi connectivity index (χ2v) is 4.96. The van der Waals surface area contributed by atoms with Crippen molar-refractivity contribution in [2.45, 2.75) is 51.0 Å². The van der Waals surface area contributed by atoms with Gasteiger partial charge in [-0.05, 0) is 12.0 Å². The zero-order chi connectivity index (χ0) is 14.1. The molecule has 0 aromatic heterocycles. The maximum Gasteiger partial charge on any atom is 0.220 e. The monoisotopic (exact) mass is 263 g/mol. The highest BCUT2D eigenvalue weighted by Gasteiger charge is 2.23. The van der Waals surface area contributed by atoms with E-state index in [0.717, 1.165) is 31.2 Å². The first-order valence-corrected chi connectivity index (χ1v) is 7.12. The lowest BCUT2D eigenvalue weighted by molar-refractivity contribution is -0.121. The molecule has 3 heteroatoms. The Balaban J connectivity index is 2.71. The predicted molar refractivity (Wildman–Crippen MR) is 78.0 cm³/mol. The Bertz CT molecular complexity index is 364. The number of rotatable bonds is 8. The Morgan fingerprint density at radius 1 is 1.26 bits per heavy atom. The van der Waals surface area contributed by atoms with Crippen LogP contribution in [-0.4, -0.2) is 24.2 Å². The predicted octanol–water partition coefficient (Wildman–Crippen LogP) is 2.85. The molecule has 0 bridgehead atoms. The van der Waals surface area contributed by atoms with Crippen LogP contribution < -0.4 is 5.32 Å². The van der Waals surface area contributed by atoms with Gasteiger partial charge in [0.15, 0.2) is 0 Å². The number of aliphatic hydroxyl groups excluding tert-OH is 1. The molecule has 0 radical (unpaired) electrons. The largest absolute Gasteiger partial charge is 0.392 e. The molecule has 0 saturated heterocycles. The molecule has 2 N–H and O–H groups in total. The summed E-state index contributed by atoms with van der Waals surface area (Å²) >= 11 is 0. The van der Waals surface area contributed by atoms with E-state index in [4.69, 9.17) is 0 Å². The Morgan fingerprint density at radius 3 is 2.53 bits per heavy atom. The minimum atomic E-state index is -0.453. The summed E-state index contributed by atoms with van der Waals surface area (Å²) in [6, 6.07) is 9.81. The molecular weight excluding hydrogens is 238 g/mol. The van der Waals surface area contributed by atoms with Crippen molar-refractivity contribution in [1.82, 2.24) is 5.32 Å². The highest BCUT2D eigenvalue weighted by molar-refractivity contribution is 5.76. The van der Waals surface area contributed by atoms with Crippen molar-refractivity contribution in [3.63, 3.8) is 0 Å². The van der Waals surface area contributed by atoms with Gasteiger partial charge in [-0.2, -0.15) is 0 Å². The topological polar surface area (TPSA) is 49.3 Å². The van der Waals surface area contributed by atoms with Crippen molar-refractivity contribution >= 4 is 5.91 Å². The third-order valence-corrected chi connectivity index (χ3v) is 3.48. The summed E-state index contributed by atoms with van der Waals surface area (Å²) in [7, 11) is 1.63. The first-order valence-electron chi connectivity index (χ1n) is 7.12. The summed E-state index contributed by atoms with van der Waals surface area (Å²) in [5.41, 5.74) is 1.04. The lowest BCUT2D eigenvalue weighted by Gasteiger charge is -2.23. The fraction of sp³-hybridized carbons (Fsp3) is 0.562. The van der Waals surface area contributed by atoms with Gasteiger partial charge in [0.05, 0.1) is 6.10 Å². The van der Waals surface area contributed by atoms with Crippen LogP contribution in [0.5, 0.6) is 0 Å². The summed E-state index contributed by atoms with van der Waals surface area (Å²) in [6.07, 6.45) is 3.91. The van der Waals surface area contributed by atoms with Crippen molar-refractivity contribution in [3.8, 4) is 0 Å². The van der Waals surface area contributed by atoms with E-state index >= 15 is 0 Å². The molecule has 2 unspecified atom stereocenters. The van der Waals surface area contributed by atoms with Crippen molar-refractivity contribution in [2.24, 2.45) is 0 Å². The molecule has 0 aliphatic heterocycles. The van der Waals surface area contributed by atoms with Crippen LogP contribution in [0.4, 0.5) is 0 Å². The van der Waals surface area contributed by atoms with Gasteiger partial charge in [-0.3, -0.25) is 4.79 Å². The molecule has 0 aliphatic carbocycles. The van der Waals surface area contributed by atoms with Crippen LogP contribution in [0.2, 0.25) is 0 Å². The van der Waals surface area contributed by atoms with Gasteiger partial charge >= 0.3 is 0 Å². The van der Waals surface area contributed by atoms with E-state index in [0.29, 0.717) is 6.42 Å². The normalized spacial score (nSPS) is 13.8. The van der Waals surface area contributed by atoms with Gasteiger partial charge in [0.1, 0.15) is 0 Å². The summed E-state index contributed by atoms with van der Waals surface area (Å²) in [6.45, 7) is 2.14. The van der Waals surface area contributed by atoms with Crippen LogP contribution in [0.25, 0.3) is 0 Å². The second-order valence-electron chi connectivity index (χ2n) is 4.96. The van der Waals surface area contributed by atoms with Crippen LogP contribution in [-0.2, 0) is 4.79 Å². The maximum absolute atomic E-state index is 11.6. The van der Waals surface area contributed by atoms with Crippen molar-refractivity contribution < 1.29 is 9.90 Å². The van der Waals surface area contributed by atoms with Crippen molar-refractivity contribution in [1.29, 1.82) is 0 Å². The number of carbonyl (C=O) groups excluding carboxylic acids is 1. The van der Waals surface area contributed by atoms with E-state index in [1.807, 2.05) is 30.3 Å². The average Bonchev–Trinajstić information content (AvgIpc) is 2.45. The highest BCUT2D eigenvalue weighted by atomic mass is 16.3. The lowest BCUT2D eigenvalue weighted by Crippen LogP contribution is -2.27. The molecule has 106 valence electrons. The van der Waals surface area contributed by atoms with E-state index < -0.39 is 6.10 Å². The Kier molecular flexibility index (Phi) is 7.19. The Labute approximate surface area is 116 Å². The molecule has 0 saturated carbocycles.